The highest BCUT2D eigenvalue weighted by Gasteiger charge is 2.35. The second-order valence-electron chi connectivity index (χ2n) is 15.7. The van der Waals surface area contributed by atoms with Crippen LogP contribution < -0.4 is 10.6 Å². The van der Waals surface area contributed by atoms with Crippen molar-refractivity contribution in [3.05, 3.63) is 186 Å². The molecule has 12 rings (SSSR count). The van der Waals surface area contributed by atoms with Crippen LogP contribution in [0.1, 0.15) is 42.3 Å². The summed E-state index contributed by atoms with van der Waals surface area (Å²) in [5.74, 6) is 0. The predicted molar refractivity (Wildman–Crippen MR) is 229 cm³/mol. The Morgan fingerprint density at radius 2 is 1.20 bits per heavy atom. The number of thiophene rings is 1. The van der Waals surface area contributed by atoms with E-state index in [9.17, 15) is 0 Å². The first kappa shape index (κ1) is 30.5. The van der Waals surface area contributed by atoms with E-state index in [-0.39, 0.29) is 17.6 Å². The van der Waals surface area contributed by atoms with Crippen molar-refractivity contribution in [3.8, 4) is 44.5 Å². The molecule has 0 spiro atoms. The Hall–Kier alpha value is -6.00. The Bertz CT molecular complexity index is 3010. The van der Waals surface area contributed by atoms with Gasteiger partial charge in [0.15, 0.2) is 0 Å². The highest BCUT2D eigenvalue weighted by Crippen LogP contribution is 2.51. The third-order valence-corrected chi connectivity index (χ3v) is 13.7. The number of allylic oxidation sites excluding steroid dienone is 2. The van der Waals surface area contributed by atoms with Crippen LogP contribution in [0.25, 0.3) is 81.1 Å². The molecule has 0 saturated carbocycles. The maximum absolute atomic E-state index is 4.03. The zero-order valence-electron chi connectivity index (χ0n) is 30.1. The van der Waals surface area contributed by atoms with E-state index in [1.54, 1.807) is 0 Å². The third kappa shape index (κ3) is 4.20. The van der Waals surface area contributed by atoms with Crippen LogP contribution in [0.2, 0.25) is 0 Å². The van der Waals surface area contributed by atoms with Gasteiger partial charge in [-0.2, -0.15) is 0 Å². The normalized spacial score (nSPS) is 18.6. The Balaban J connectivity index is 0.948. The summed E-state index contributed by atoms with van der Waals surface area (Å²) in [5, 5.41) is 13.2. The van der Waals surface area contributed by atoms with Gasteiger partial charge in [0.1, 0.15) is 6.17 Å². The molecule has 0 amide bonds. The Kier molecular flexibility index (Phi) is 6.22. The van der Waals surface area contributed by atoms with Gasteiger partial charge in [-0.25, -0.2) is 0 Å². The molecule has 256 valence electrons. The molecule has 54 heavy (non-hydrogen) atoms. The molecule has 2 atom stereocenters. The molecule has 0 saturated heterocycles. The van der Waals surface area contributed by atoms with Crippen LogP contribution in [0.4, 0.5) is 0 Å². The standard InChI is InChI=1S/C51H36N2S/c1-51(2)43-16-7-5-12-34(43)35-21-18-30(28-44(35)51)29-19-24-46-41(26-29)42-27-31(20-25-47(42)54-46)50-52-45-17-8-6-13-40(45)49(53-50)39-23-22-38-33-11-4-3-10-32(33)36-14-9-15-37(39)48(36)38/h3-28,45,50,52-53H,1-2H3. The number of hydrogen-bond donors (Lipinski definition) is 2. The molecule has 3 heteroatoms. The predicted octanol–water partition coefficient (Wildman–Crippen LogP) is 12.9. The van der Waals surface area contributed by atoms with Crippen molar-refractivity contribution in [3.63, 3.8) is 0 Å². The van der Waals surface area contributed by atoms with Crippen LogP contribution in [0.15, 0.2) is 163 Å². The number of hydrogen-bond acceptors (Lipinski definition) is 3. The van der Waals surface area contributed by atoms with E-state index in [0.717, 1.165) is 0 Å². The number of fused-ring (bicyclic) bond motifs is 10. The number of nitrogens with one attached hydrogen (secondary N) is 2. The van der Waals surface area contributed by atoms with Gasteiger partial charge in [-0.3, -0.25) is 5.32 Å². The van der Waals surface area contributed by atoms with Gasteiger partial charge in [0.25, 0.3) is 0 Å². The van der Waals surface area contributed by atoms with Crippen molar-refractivity contribution >= 4 is 48.0 Å². The average molecular weight is 709 g/mol. The van der Waals surface area contributed by atoms with E-state index in [4.69, 9.17) is 0 Å². The largest absolute Gasteiger partial charge is 0.365 e. The number of rotatable bonds is 3. The van der Waals surface area contributed by atoms with Gasteiger partial charge in [0.2, 0.25) is 0 Å². The maximum atomic E-state index is 4.03. The molecule has 0 radical (unpaired) electrons. The fourth-order valence-corrected chi connectivity index (χ4v) is 10.9. The first-order valence-electron chi connectivity index (χ1n) is 19.0. The molecular weight excluding hydrogens is 673 g/mol. The Morgan fingerprint density at radius 3 is 2.07 bits per heavy atom. The lowest BCUT2D eigenvalue weighted by Crippen LogP contribution is -2.45. The topological polar surface area (TPSA) is 24.1 Å². The minimum Gasteiger partial charge on any atom is -0.365 e. The van der Waals surface area contributed by atoms with Crippen molar-refractivity contribution in [2.75, 3.05) is 0 Å². The summed E-state index contributed by atoms with van der Waals surface area (Å²) in [4.78, 5) is 0. The van der Waals surface area contributed by atoms with Crippen molar-refractivity contribution in [1.82, 2.24) is 10.6 Å². The molecule has 0 fully saturated rings. The van der Waals surface area contributed by atoms with Crippen molar-refractivity contribution in [1.29, 1.82) is 0 Å². The molecule has 1 aromatic heterocycles. The highest BCUT2D eigenvalue weighted by molar-refractivity contribution is 7.25. The summed E-state index contributed by atoms with van der Waals surface area (Å²) in [6.45, 7) is 4.72. The molecule has 2 heterocycles. The van der Waals surface area contributed by atoms with Gasteiger partial charge in [0, 0.05) is 36.8 Å². The monoisotopic (exact) mass is 708 g/mol. The minimum absolute atomic E-state index is 0.0235. The minimum atomic E-state index is -0.0618. The summed E-state index contributed by atoms with van der Waals surface area (Å²) in [6.07, 6.45) is 8.83. The van der Waals surface area contributed by atoms with Crippen LogP contribution in [-0.2, 0) is 5.41 Å². The lowest BCUT2D eigenvalue weighted by atomic mass is 9.81. The lowest BCUT2D eigenvalue weighted by Gasteiger charge is -2.36. The van der Waals surface area contributed by atoms with Crippen molar-refractivity contribution < 1.29 is 0 Å². The third-order valence-electron chi connectivity index (χ3n) is 12.5. The van der Waals surface area contributed by atoms with Crippen LogP contribution in [0.3, 0.4) is 0 Å². The maximum Gasteiger partial charge on any atom is 0.104 e. The van der Waals surface area contributed by atoms with Crippen LogP contribution in [-0.4, -0.2) is 6.04 Å². The molecule has 1 aliphatic heterocycles. The van der Waals surface area contributed by atoms with Crippen molar-refractivity contribution in [2.24, 2.45) is 0 Å². The molecule has 7 aromatic carbocycles. The average Bonchev–Trinajstić information content (AvgIpc) is 3.83. The van der Waals surface area contributed by atoms with Gasteiger partial charge in [-0.05, 0) is 108 Å². The molecule has 2 nitrogen and oxygen atoms in total. The lowest BCUT2D eigenvalue weighted by molar-refractivity contribution is 0.460. The van der Waals surface area contributed by atoms with Gasteiger partial charge in [0.05, 0.1) is 6.04 Å². The van der Waals surface area contributed by atoms with Crippen LogP contribution in [0.5, 0.6) is 0 Å². The molecule has 8 aromatic rings. The molecular formula is C51H36N2S. The summed E-state index contributed by atoms with van der Waals surface area (Å²) >= 11 is 1.88. The Morgan fingerprint density at radius 1 is 0.537 bits per heavy atom. The quantitative estimate of drug-likeness (QED) is 0.191. The van der Waals surface area contributed by atoms with E-state index >= 15 is 0 Å². The Labute approximate surface area is 318 Å². The van der Waals surface area contributed by atoms with E-state index in [0.29, 0.717) is 0 Å². The molecule has 3 aliphatic carbocycles. The fourth-order valence-electron chi connectivity index (χ4n) is 9.85. The zero-order chi connectivity index (χ0) is 35.7. The molecule has 2 N–H and O–H groups in total. The first-order valence-corrected chi connectivity index (χ1v) is 19.8. The SMILES string of the molecule is CC1(C)c2ccccc2-c2ccc(-c3ccc4sc5ccc(C6NC(c7ccc8c9c(cccc79)-c7ccccc7-8)=C7C=CC=CC7N6)cc5c4c3)cc21. The first-order chi connectivity index (χ1) is 26.5. The van der Waals surface area contributed by atoms with Crippen LogP contribution in [0, 0.1) is 0 Å². The summed E-state index contributed by atoms with van der Waals surface area (Å²) in [5.41, 5.74) is 18.3. The molecule has 4 aliphatic rings. The van der Waals surface area contributed by atoms with Gasteiger partial charge >= 0.3 is 0 Å². The smallest absolute Gasteiger partial charge is 0.104 e. The van der Waals surface area contributed by atoms with Gasteiger partial charge in [-0.15, -0.1) is 11.3 Å². The second kappa shape index (κ2) is 11.0. The summed E-state index contributed by atoms with van der Waals surface area (Å²) in [7, 11) is 0. The van der Waals surface area contributed by atoms with E-state index in [1.165, 1.54) is 109 Å². The summed E-state index contributed by atoms with van der Waals surface area (Å²) in [6, 6.07) is 50.4. The van der Waals surface area contributed by atoms with E-state index in [1.807, 2.05) is 11.3 Å². The van der Waals surface area contributed by atoms with Crippen molar-refractivity contribution in [2.45, 2.75) is 31.5 Å². The number of benzene rings is 7. The van der Waals surface area contributed by atoms with Gasteiger partial charge < -0.3 is 5.32 Å². The van der Waals surface area contributed by atoms with E-state index < -0.39 is 0 Å². The zero-order valence-corrected chi connectivity index (χ0v) is 30.9. The summed E-state index contributed by atoms with van der Waals surface area (Å²) < 4.78 is 2.64. The van der Waals surface area contributed by atoms with E-state index in [2.05, 4.69) is 182 Å². The molecule has 0 bridgehead atoms. The van der Waals surface area contributed by atoms with Crippen LogP contribution >= 0.6 is 11.3 Å². The highest BCUT2D eigenvalue weighted by atomic mass is 32.1. The van der Waals surface area contributed by atoms with Gasteiger partial charge in [-0.1, -0.05) is 141 Å². The molecule has 2 unspecified atom stereocenters. The second-order valence-corrected chi connectivity index (χ2v) is 16.8. The fraction of sp³-hybridized carbons (Fsp3) is 0.0980.